The van der Waals surface area contributed by atoms with Crippen molar-refractivity contribution >= 4 is 5.97 Å². The minimum Gasteiger partial charge on any atom is -0.478 e. The van der Waals surface area contributed by atoms with Gasteiger partial charge in [-0.05, 0) is 0 Å². The predicted octanol–water partition coefficient (Wildman–Crippen LogP) is 1.32. The van der Waals surface area contributed by atoms with Gasteiger partial charge in [0, 0.05) is 12.1 Å². The number of carboxylic acid groups (broad SMARTS) is 1. The molecule has 0 aliphatic carbocycles. The molecule has 1 heterocycles. The first kappa shape index (κ1) is 11.4. The van der Waals surface area contributed by atoms with E-state index in [0.29, 0.717) is 6.20 Å². The first-order chi connectivity index (χ1) is 6.99. The number of carbonyl (C=O) groups is 1. The zero-order valence-corrected chi connectivity index (χ0v) is 7.38. The molecule has 0 fully saturated rings. The van der Waals surface area contributed by atoms with E-state index in [1.807, 2.05) is 0 Å². The quantitative estimate of drug-likeness (QED) is 0.805. The topological polar surface area (TPSA) is 76.2 Å². The molecule has 1 aromatic heterocycles. The van der Waals surface area contributed by atoms with Crippen molar-refractivity contribution in [2.24, 2.45) is 5.73 Å². The zero-order chi connectivity index (χ0) is 11.6. The molecule has 3 N–H and O–H groups in total. The lowest BCUT2D eigenvalue weighted by Gasteiger charge is -2.09. The van der Waals surface area contributed by atoms with E-state index >= 15 is 0 Å². The van der Waals surface area contributed by atoms with E-state index in [0.717, 1.165) is 0 Å². The number of carboxylic acids is 1. The van der Waals surface area contributed by atoms with Gasteiger partial charge in [0.1, 0.15) is 11.3 Å². The van der Waals surface area contributed by atoms with Crippen molar-refractivity contribution < 1.29 is 23.1 Å². The van der Waals surface area contributed by atoms with Gasteiger partial charge in [0.05, 0.1) is 6.20 Å². The minimum atomic E-state index is -2.98. The van der Waals surface area contributed by atoms with Crippen molar-refractivity contribution in [1.29, 1.82) is 0 Å². The van der Waals surface area contributed by atoms with E-state index in [9.17, 15) is 18.0 Å². The summed E-state index contributed by atoms with van der Waals surface area (Å²) < 4.78 is 37.7. The highest BCUT2D eigenvalue weighted by Crippen LogP contribution is 2.24. The molecule has 0 aromatic carbocycles. The molecule has 0 aliphatic rings. The molecule has 4 nitrogen and oxygen atoms in total. The summed E-state index contributed by atoms with van der Waals surface area (Å²) in [4.78, 5) is 13.7. The van der Waals surface area contributed by atoms with Crippen LogP contribution in [0.15, 0.2) is 6.20 Å². The molecule has 0 aliphatic heterocycles. The fourth-order valence-electron chi connectivity index (χ4n) is 1.17. The Bertz CT molecular complexity index is 396. The largest absolute Gasteiger partial charge is 0.478 e. The van der Waals surface area contributed by atoms with Gasteiger partial charge in [-0.1, -0.05) is 0 Å². The summed E-state index contributed by atoms with van der Waals surface area (Å²) in [6, 6.07) is 0. The van der Waals surface area contributed by atoms with Crippen molar-refractivity contribution in [3.05, 3.63) is 28.8 Å². The van der Waals surface area contributed by atoms with E-state index in [-0.39, 0.29) is 0 Å². The SMILES string of the molecule is NCc1c(C(F)F)ncc(F)c1C(=O)O. The second-order valence-electron chi connectivity index (χ2n) is 2.65. The maximum atomic E-state index is 13.0. The molecule has 7 heteroatoms. The Morgan fingerprint density at radius 1 is 1.60 bits per heavy atom. The number of alkyl halides is 2. The lowest BCUT2D eigenvalue weighted by atomic mass is 10.1. The first-order valence-corrected chi connectivity index (χ1v) is 3.87. The molecule has 82 valence electrons. The van der Waals surface area contributed by atoms with Crippen LogP contribution in [0.2, 0.25) is 0 Å². The molecule has 1 aromatic rings. The number of pyridine rings is 1. The van der Waals surface area contributed by atoms with Crippen molar-refractivity contribution in [3.8, 4) is 0 Å². The summed E-state index contributed by atoms with van der Waals surface area (Å²) in [6.07, 6.45) is -2.54. The molecule has 0 unspecified atom stereocenters. The third-order valence-corrected chi connectivity index (χ3v) is 1.79. The van der Waals surface area contributed by atoms with E-state index in [2.05, 4.69) is 4.98 Å². The number of hydrogen-bond donors (Lipinski definition) is 2. The number of nitrogens with zero attached hydrogens (tertiary/aromatic N) is 1. The molecule has 0 saturated heterocycles. The Labute approximate surface area is 82.5 Å². The van der Waals surface area contributed by atoms with Crippen LogP contribution >= 0.6 is 0 Å². The average molecular weight is 220 g/mol. The molecular formula is C8H7F3N2O2. The molecule has 0 radical (unpaired) electrons. The van der Waals surface area contributed by atoms with Gasteiger partial charge < -0.3 is 10.8 Å². The highest BCUT2D eigenvalue weighted by molar-refractivity contribution is 5.89. The second kappa shape index (κ2) is 4.26. The van der Waals surface area contributed by atoms with E-state index in [1.165, 1.54) is 0 Å². The Kier molecular flexibility index (Phi) is 3.25. The first-order valence-electron chi connectivity index (χ1n) is 3.87. The number of rotatable bonds is 3. The molecule has 0 bridgehead atoms. The zero-order valence-electron chi connectivity index (χ0n) is 7.38. The predicted molar refractivity (Wildman–Crippen MR) is 44.0 cm³/mol. The minimum absolute atomic E-state index is 0.449. The van der Waals surface area contributed by atoms with Gasteiger partial charge in [0.2, 0.25) is 0 Å². The third kappa shape index (κ3) is 2.07. The van der Waals surface area contributed by atoms with Crippen LogP contribution in [0.4, 0.5) is 13.2 Å². The van der Waals surface area contributed by atoms with Crippen molar-refractivity contribution in [1.82, 2.24) is 4.98 Å². The van der Waals surface area contributed by atoms with Crippen LogP contribution in [0.5, 0.6) is 0 Å². The lowest BCUT2D eigenvalue weighted by Crippen LogP contribution is -2.14. The Morgan fingerprint density at radius 3 is 2.60 bits per heavy atom. The molecule has 0 atom stereocenters. The fraction of sp³-hybridized carbons (Fsp3) is 0.250. The standard InChI is InChI=1S/C8H7F3N2O2/c9-4-2-13-6(7(10)11)3(1-12)5(4)8(14)15/h2,7H,1,12H2,(H,14,15). The molecule has 0 saturated carbocycles. The Hall–Kier alpha value is -1.63. The summed E-state index contributed by atoms with van der Waals surface area (Å²) in [5, 5.41) is 8.62. The molecule has 1 rings (SSSR count). The van der Waals surface area contributed by atoms with Crippen molar-refractivity contribution in [2.75, 3.05) is 0 Å². The van der Waals surface area contributed by atoms with Crippen LogP contribution in [0.1, 0.15) is 28.0 Å². The van der Waals surface area contributed by atoms with E-state index in [4.69, 9.17) is 10.8 Å². The smallest absolute Gasteiger partial charge is 0.339 e. The Balaban J connectivity index is 3.47. The van der Waals surface area contributed by atoms with Gasteiger partial charge in [0.15, 0.2) is 5.82 Å². The van der Waals surface area contributed by atoms with E-state index in [1.54, 1.807) is 0 Å². The molecular weight excluding hydrogens is 213 g/mol. The second-order valence-corrected chi connectivity index (χ2v) is 2.65. The highest BCUT2D eigenvalue weighted by Gasteiger charge is 2.23. The highest BCUT2D eigenvalue weighted by atomic mass is 19.3. The van der Waals surface area contributed by atoms with Gasteiger partial charge in [-0.2, -0.15) is 0 Å². The number of hydrogen-bond acceptors (Lipinski definition) is 3. The Morgan fingerprint density at radius 2 is 2.20 bits per heavy atom. The van der Waals surface area contributed by atoms with Crippen LogP contribution < -0.4 is 5.73 Å². The number of aromatic nitrogens is 1. The lowest BCUT2D eigenvalue weighted by molar-refractivity contribution is 0.0689. The van der Waals surface area contributed by atoms with Crippen LogP contribution in [0.3, 0.4) is 0 Å². The number of aromatic carboxylic acids is 1. The molecule has 0 amide bonds. The molecule has 0 spiro atoms. The number of halogens is 3. The fourth-order valence-corrected chi connectivity index (χ4v) is 1.17. The van der Waals surface area contributed by atoms with Crippen LogP contribution in [-0.2, 0) is 6.54 Å². The van der Waals surface area contributed by atoms with Gasteiger partial charge in [-0.25, -0.2) is 18.0 Å². The van der Waals surface area contributed by atoms with Gasteiger partial charge >= 0.3 is 5.97 Å². The normalized spacial score (nSPS) is 10.7. The van der Waals surface area contributed by atoms with Crippen molar-refractivity contribution in [3.63, 3.8) is 0 Å². The summed E-state index contributed by atoms with van der Waals surface area (Å²) in [5.41, 5.74) is 2.98. The summed E-state index contributed by atoms with van der Waals surface area (Å²) in [7, 11) is 0. The van der Waals surface area contributed by atoms with Crippen molar-refractivity contribution in [2.45, 2.75) is 13.0 Å². The van der Waals surface area contributed by atoms with Crippen LogP contribution in [-0.4, -0.2) is 16.1 Å². The monoisotopic (exact) mass is 220 g/mol. The average Bonchev–Trinajstić information content (AvgIpc) is 2.15. The maximum Gasteiger partial charge on any atom is 0.339 e. The van der Waals surface area contributed by atoms with Gasteiger partial charge in [-0.3, -0.25) is 4.98 Å². The van der Waals surface area contributed by atoms with Gasteiger partial charge in [0.25, 0.3) is 6.43 Å². The van der Waals surface area contributed by atoms with Crippen LogP contribution in [0.25, 0.3) is 0 Å². The van der Waals surface area contributed by atoms with Gasteiger partial charge in [-0.15, -0.1) is 0 Å². The number of nitrogens with two attached hydrogens (primary N) is 1. The van der Waals surface area contributed by atoms with Crippen LogP contribution in [0, 0.1) is 5.82 Å². The summed E-state index contributed by atoms with van der Waals surface area (Å²) in [6.45, 7) is -0.508. The summed E-state index contributed by atoms with van der Waals surface area (Å²) >= 11 is 0. The molecule has 15 heavy (non-hydrogen) atoms. The third-order valence-electron chi connectivity index (χ3n) is 1.79. The maximum absolute atomic E-state index is 13.0. The van der Waals surface area contributed by atoms with E-state index < -0.39 is 41.6 Å². The summed E-state index contributed by atoms with van der Waals surface area (Å²) in [5.74, 6) is -2.82.